The minimum atomic E-state index is -1.20. The first-order valence-corrected chi connectivity index (χ1v) is 9.19. The molecule has 23 heavy (non-hydrogen) atoms. The van der Waals surface area contributed by atoms with Gasteiger partial charge in [-0.3, -0.25) is 9.59 Å². The van der Waals surface area contributed by atoms with Crippen molar-refractivity contribution in [3.63, 3.8) is 0 Å². The van der Waals surface area contributed by atoms with Gasteiger partial charge in [-0.2, -0.15) is 0 Å². The largest absolute Gasteiger partial charge is 0.465 e. The van der Waals surface area contributed by atoms with Crippen molar-refractivity contribution in [2.24, 2.45) is 0 Å². The molecule has 1 aromatic rings. The summed E-state index contributed by atoms with van der Waals surface area (Å²) in [5.74, 6) is -0.462. The van der Waals surface area contributed by atoms with Crippen LogP contribution in [0.2, 0.25) is 0 Å². The molecular formula is C18H26O4S. The number of benzene rings is 1. The predicted molar refractivity (Wildman–Crippen MR) is 93.2 cm³/mol. The zero-order valence-corrected chi connectivity index (χ0v) is 14.5. The van der Waals surface area contributed by atoms with E-state index < -0.39 is 17.2 Å². The summed E-state index contributed by atoms with van der Waals surface area (Å²) < 4.78 is 5.09. The molecule has 0 aliphatic carbocycles. The lowest BCUT2D eigenvalue weighted by atomic mass is 10.1. The molecule has 5 heteroatoms. The Morgan fingerprint density at radius 1 is 1.09 bits per heavy atom. The Hall–Kier alpha value is -1.33. The molecule has 1 rings (SSSR count). The summed E-state index contributed by atoms with van der Waals surface area (Å²) in [4.78, 5) is 23.4. The number of rotatable bonds is 11. The van der Waals surface area contributed by atoms with Gasteiger partial charge in [0.25, 0.3) is 0 Å². The van der Waals surface area contributed by atoms with Crippen LogP contribution in [0, 0.1) is 0 Å². The van der Waals surface area contributed by atoms with Crippen LogP contribution in [-0.4, -0.2) is 28.6 Å². The van der Waals surface area contributed by atoms with E-state index in [9.17, 15) is 14.7 Å². The summed E-state index contributed by atoms with van der Waals surface area (Å²) in [6.45, 7) is 2.58. The summed E-state index contributed by atoms with van der Waals surface area (Å²) in [7, 11) is 0. The normalized spacial score (nSPS) is 11.9. The highest BCUT2D eigenvalue weighted by molar-refractivity contribution is 8.14. The third-order valence-electron chi connectivity index (χ3n) is 3.43. The summed E-state index contributed by atoms with van der Waals surface area (Å²) in [6.07, 6.45) is 5.59. The maximum Gasteiger partial charge on any atom is 0.316 e. The number of ether oxygens (including phenoxy) is 1. The first-order valence-electron chi connectivity index (χ1n) is 8.20. The van der Waals surface area contributed by atoms with E-state index in [1.165, 1.54) is 25.7 Å². The molecule has 1 atom stereocenters. The Bertz CT molecular complexity index is 461. The van der Waals surface area contributed by atoms with Gasteiger partial charge in [0.15, 0.2) is 0 Å². The Kier molecular flexibility index (Phi) is 10.4. The molecule has 0 fully saturated rings. The standard InChI is InChI=1S/C18H26O4S/c1-2-3-4-5-6-10-13-22-16(19)14-23-18(21)17(20)15-11-8-7-9-12-15/h7-9,11-12,17,20H,2-6,10,13-14H2,1H3/t17-/m0/s1. The van der Waals surface area contributed by atoms with Crippen LogP contribution in [0.1, 0.15) is 57.1 Å². The van der Waals surface area contributed by atoms with Gasteiger partial charge >= 0.3 is 5.97 Å². The maximum absolute atomic E-state index is 11.8. The predicted octanol–water partition coefficient (Wildman–Crippen LogP) is 3.88. The van der Waals surface area contributed by atoms with Crippen molar-refractivity contribution in [1.82, 2.24) is 0 Å². The molecule has 0 amide bonds. The molecule has 0 bridgehead atoms. The van der Waals surface area contributed by atoms with Crippen LogP contribution >= 0.6 is 11.8 Å². The highest BCUT2D eigenvalue weighted by Crippen LogP contribution is 2.20. The van der Waals surface area contributed by atoms with Gasteiger partial charge in [0.1, 0.15) is 6.10 Å². The number of thioether (sulfide) groups is 1. The van der Waals surface area contributed by atoms with E-state index in [0.29, 0.717) is 12.2 Å². The van der Waals surface area contributed by atoms with Crippen LogP contribution in [0.3, 0.4) is 0 Å². The molecule has 0 unspecified atom stereocenters. The third kappa shape index (κ3) is 8.77. The van der Waals surface area contributed by atoms with E-state index in [1.807, 2.05) is 6.07 Å². The van der Waals surface area contributed by atoms with Gasteiger partial charge < -0.3 is 9.84 Å². The average Bonchev–Trinajstić information content (AvgIpc) is 2.59. The second kappa shape index (κ2) is 12.1. The van der Waals surface area contributed by atoms with E-state index in [1.54, 1.807) is 24.3 Å². The van der Waals surface area contributed by atoms with Crippen LogP contribution in [0.5, 0.6) is 0 Å². The minimum absolute atomic E-state index is 0.0570. The topological polar surface area (TPSA) is 63.6 Å². The van der Waals surface area contributed by atoms with Crippen LogP contribution in [-0.2, 0) is 14.3 Å². The smallest absolute Gasteiger partial charge is 0.316 e. The molecule has 1 N–H and O–H groups in total. The van der Waals surface area contributed by atoms with E-state index in [-0.39, 0.29) is 5.75 Å². The number of aliphatic hydroxyl groups excluding tert-OH is 1. The van der Waals surface area contributed by atoms with Crippen LogP contribution < -0.4 is 0 Å². The van der Waals surface area contributed by atoms with E-state index >= 15 is 0 Å². The molecule has 1 aromatic carbocycles. The van der Waals surface area contributed by atoms with Crippen molar-refractivity contribution in [2.75, 3.05) is 12.4 Å². The Balaban J connectivity index is 2.12. The molecule has 0 saturated heterocycles. The summed E-state index contributed by atoms with van der Waals surface area (Å²) in [5.41, 5.74) is 0.533. The molecule has 0 aromatic heterocycles. The zero-order valence-electron chi connectivity index (χ0n) is 13.7. The molecule has 0 radical (unpaired) electrons. The Labute approximate surface area is 142 Å². The molecule has 0 spiro atoms. The van der Waals surface area contributed by atoms with Gasteiger partial charge in [-0.15, -0.1) is 0 Å². The van der Waals surface area contributed by atoms with E-state index in [2.05, 4.69) is 6.92 Å². The Morgan fingerprint density at radius 2 is 1.74 bits per heavy atom. The van der Waals surface area contributed by atoms with Gasteiger partial charge in [0.05, 0.1) is 12.4 Å². The zero-order chi connectivity index (χ0) is 16.9. The molecule has 0 heterocycles. The fourth-order valence-corrected chi connectivity index (χ4v) is 2.73. The lowest BCUT2D eigenvalue weighted by Crippen LogP contribution is -2.14. The summed E-state index contributed by atoms with van der Waals surface area (Å²) in [6, 6.07) is 8.68. The number of aliphatic hydroxyl groups is 1. The van der Waals surface area contributed by atoms with Crippen molar-refractivity contribution >= 4 is 22.8 Å². The second-order valence-corrected chi connectivity index (χ2v) is 6.39. The fraction of sp³-hybridized carbons (Fsp3) is 0.556. The van der Waals surface area contributed by atoms with Gasteiger partial charge in [0.2, 0.25) is 5.12 Å². The van der Waals surface area contributed by atoms with Gasteiger partial charge in [-0.25, -0.2) is 0 Å². The van der Waals surface area contributed by atoms with Crippen LogP contribution in [0.15, 0.2) is 30.3 Å². The SMILES string of the molecule is CCCCCCCCOC(=O)CSC(=O)[C@@H](O)c1ccccc1. The van der Waals surface area contributed by atoms with Crippen molar-refractivity contribution in [1.29, 1.82) is 0 Å². The average molecular weight is 338 g/mol. The van der Waals surface area contributed by atoms with E-state index in [4.69, 9.17) is 4.74 Å². The molecule has 128 valence electrons. The maximum atomic E-state index is 11.8. The summed E-state index contributed by atoms with van der Waals surface area (Å²) in [5, 5.41) is 9.46. The van der Waals surface area contributed by atoms with Crippen LogP contribution in [0.4, 0.5) is 0 Å². The lowest BCUT2D eigenvalue weighted by molar-refractivity contribution is -0.140. The molecule has 0 aliphatic rings. The van der Waals surface area contributed by atoms with Gasteiger partial charge in [-0.1, -0.05) is 81.1 Å². The van der Waals surface area contributed by atoms with E-state index in [0.717, 1.165) is 24.6 Å². The number of unbranched alkanes of at least 4 members (excludes halogenated alkanes) is 5. The first kappa shape index (κ1) is 19.7. The number of carbonyl (C=O) groups is 2. The number of hydrogen-bond donors (Lipinski definition) is 1. The van der Waals surface area contributed by atoms with Crippen molar-refractivity contribution in [3.05, 3.63) is 35.9 Å². The van der Waals surface area contributed by atoms with Gasteiger partial charge in [0, 0.05) is 0 Å². The van der Waals surface area contributed by atoms with Crippen molar-refractivity contribution in [3.8, 4) is 0 Å². The quantitative estimate of drug-likeness (QED) is 0.490. The molecule has 4 nitrogen and oxygen atoms in total. The monoisotopic (exact) mass is 338 g/mol. The summed E-state index contributed by atoms with van der Waals surface area (Å²) >= 11 is 0.799. The second-order valence-electron chi connectivity index (χ2n) is 5.41. The van der Waals surface area contributed by atoms with Crippen LogP contribution in [0.25, 0.3) is 0 Å². The number of carbonyl (C=O) groups excluding carboxylic acids is 2. The lowest BCUT2D eigenvalue weighted by Gasteiger charge is -2.09. The molecule has 0 aliphatic heterocycles. The Morgan fingerprint density at radius 3 is 2.43 bits per heavy atom. The fourth-order valence-electron chi connectivity index (χ4n) is 2.09. The van der Waals surface area contributed by atoms with Crippen molar-refractivity contribution < 1.29 is 19.4 Å². The highest BCUT2D eigenvalue weighted by Gasteiger charge is 2.19. The third-order valence-corrected chi connectivity index (χ3v) is 4.32. The molecular weight excluding hydrogens is 312 g/mol. The van der Waals surface area contributed by atoms with Gasteiger partial charge in [-0.05, 0) is 12.0 Å². The molecule has 0 saturated carbocycles. The van der Waals surface area contributed by atoms with Crippen molar-refractivity contribution in [2.45, 2.75) is 51.6 Å². The first-order chi connectivity index (χ1) is 11.1. The minimum Gasteiger partial charge on any atom is -0.465 e. The number of hydrogen-bond acceptors (Lipinski definition) is 5. The highest BCUT2D eigenvalue weighted by atomic mass is 32.2. The number of esters is 1.